The number of amides is 1. The van der Waals surface area contributed by atoms with Crippen LogP contribution in [0.1, 0.15) is 13.8 Å². The summed E-state index contributed by atoms with van der Waals surface area (Å²) in [5.74, 6) is -0.0162. The van der Waals surface area contributed by atoms with Crippen LogP contribution in [0, 0.1) is 6.73 Å². The fourth-order valence-corrected chi connectivity index (χ4v) is 1.06. The molecule has 0 N–H and O–H groups in total. The first-order valence-electron chi connectivity index (χ1n) is 3.54. The third kappa shape index (κ3) is 2.07. The molecule has 1 amide bonds. The molecule has 1 aliphatic heterocycles. The molecule has 1 saturated heterocycles. The smallest absolute Gasteiger partial charge is 0.221 e. The SMILES string of the molecule is CC(Cl)CN1[CH-]OC(C)C1=O. The second kappa shape index (κ2) is 3.41. The zero-order valence-corrected chi connectivity index (χ0v) is 7.34. The molecule has 0 spiro atoms. The van der Waals surface area contributed by atoms with Gasteiger partial charge in [0.2, 0.25) is 5.91 Å². The monoisotopic (exact) mass is 176 g/mol. The van der Waals surface area contributed by atoms with Crippen LogP contribution in [0.2, 0.25) is 0 Å². The molecule has 11 heavy (non-hydrogen) atoms. The van der Waals surface area contributed by atoms with Crippen LogP contribution >= 0.6 is 11.6 Å². The predicted octanol–water partition coefficient (Wildman–Crippen LogP) is 0.980. The van der Waals surface area contributed by atoms with Crippen LogP contribution in [0.5, 0.6) is 0 Å². The molecule has 1 heterocycles. The average Bonchev–Trinajstić information content (AvgIpc) is 2.18. The van der Waals surface area contributed by atoms with Gasteiger partial charge in [-0.15, -0.1) is 18.3 Å². The molecular weight excluding hydrogens is 166 g/mol. The van der Waals surface area contributed by atoms with Crippen molar-refractivity contribution in [3.05, 3.63) is 6.73 Å². The molecule has 2 atom stereocenters. The highest BCUT2D eigenvalue weighted by Crippen LogP contribution is 2.14. The zero-order chi connectivity index (χ0) is 8.43. The van der Waals surface area contributed by atoms with Gasteiger partial charge in [0.25, 0.3) is 0 Å². The van der Waals surface area contributed by atoms with Crippen molar-refractivity contribution in [2.75, 3.05) is 6.54 Å². The highest BCUT2D eigenvalue weighted by molar-refractivity contribution is 6.20. The van der Waals surface area contributed by atoms with Crippen LogP contribution in [-0.4, -0.2) is 28.8 Å². The lowest BCUT2D eigenvalue weighted by molar-refractivity contribution is -0.129. The van der Waals surface area contributed by atoms with Crippen molar-refractivity contribution in [1.82, 2.24) is 4.90 Å². The minimum absolute atomic E-state index is 0.0162. The van der Waals surface area contributed by atoms with Gasteiger partial charge in [-0.2, -0.15) is 0 Å². The van der Waals surface area contributed by atoms with Crippen LogP contribution in [0.4, 0.5) is 0 Å². The van der Waals surface area contributed by atoms with Crippen molar-refractivity contribution in [3.8, 4) is 0 Å². The second-order valence-corrected chi connectivity index (χ2v) is 3.40. The van der Waals surface area contributed by atoms with E-state index in [-0.39, 0.29) is 17.4 Å². The summed E-state index contributed by atoms with van der Waals surface area (Å²) < 4.78 is 4.97. The summed E-state index contributed by atoms with van der Waals surface area (Å²) >= 11 is 5.70. The first-order chi connectivity index (χ1) is 5.11. The number of carbonyl (C=O) groups is 1. The van der Waals surface area contributed by atoms with Crippen molar-refractivity contribution < 1.29 is 9.53 Å². The summed E-state index contributed by atoms with van der Waals surface area (Å²) in [5.41, 5.74) is 0. The van der Waals surface area contributed by atoms with Crippen molar-refractivity contribution in [1.29, 1.82) is 0 Å². The quantitative estimate of drug-likeness (QED) is 0.464. The van der Waals surface area contributed by atoms with Crippen molar-refractivity contribution in [3.63, 3.8) is 0 Å². The Kier molecular flexibility index (Phi) is 2.73. The maximum Gasteiger partial charge on any atom is 0.221 e. The fraction of sp³-hybridized carbons (Fsp3) is 0.714. The topological polar surface area (TPSA) is 29.5 Å². The van der Waals surface area contributed by atoms with Crippen molar-refractivity contribution in [2.24, 2.45) is 0 Å². The first-order valence-corrected chi connectivity index (χ1v) is 3.98. The maximum atomic E-state index is 11.2. The summed E-state index contributed by atoms with van der Waals surface area (Å²) in [7, 11) is 0. The Balaban J connectivity index is 2.42. The molecule has 2 unspecified atom stereocenters. The predicted molar refractivity (Wildman–Crippen MR) is 41.9 cm³/mol. The summed E-state index contributed by atoms with van der Waals surface area (Å²) in [6.45, 7) is 5.51. The molecule has 4 heteroatoms. The molecule has 0 aliphatic carbocycles. The summed E-state index contributed by atoms with van der Waals surface area (Å²) in [6.07, 6.45) is -0.342. The van der Waals surface area contributed by atoms with Crippen LogP contribution in [-0.2, 0) is 9.53 Å². The molecule has 0 aromatic heterocycles. The molecule has 3 nitrogen and oxygen atoms in total. The Morgan fingerprint density at radius 3 is 2.91 bits per heavy atom. The third-order valence-electron chi connectivity index (χ3n) is 1.47. The second-order valence-electron chi connectivity index (χ2n) is 2.66. The van der Waals surface area contributed by atoms with Crippen molar-refractivity contribution in [2.45, 2.75) is 25.3 Å². The van der Waals surface area contributed by atoms with Gasteiger partial charge in [-0.05, 0) is 13.8 Å². The van der Waals surface area contributed by atoms with Gasteiger partial charge in [0.15, 0.2) is 0 Å². The number of carbonyl (C=O) groups excluding carboxylic acids is 1. The fourth-order valence-electron chi connectivity index (χ4n) is 0.912. The number of rotatable bonds is 2. The van der Waals surface area contributed by atoms with Gasteiger partial charge in [0.05, 0.1) is 0 Å². The number of halogens is 1. The maximum absolute atomic E-state index is 11.2. The van der Waals surface area contributed by atoms with Crippen LogP contribution in [0.15, 0.2) is 0 Å². The number of ether oxygens (including phenoxy) is 1. The Labute approximate surface area is 71.3 Å². The summed E-state index contributed by atoms with van der Waals surface area (Å²) in [4.78, 5) is 12.7. The number of nitrogens with zero attached hydrogens (tertiary/aromatic N) is 1. The van der Waals surface area contributed by atoms with E-state index in [2.05, 4.69) is 0 Å². The van der Waals surface area contributed by atoms with Gasteiger partial charge in [-0.25, -0.2) is 0 Å². The van der Waals surface area contributed by atoms with E-state index in [9.17, 15) is 4.79 Å². The lowest BCUT2D eigenvalue weighted by Gasteiger charge is -2.24. The molecule has 1 aliphatic rings. The van der Waals surface area contributed by atoms with E-state index in [0.717, 1.165) is 0 Å². The Bertz CT molecular complexity index is 161. The molecule has 0 aromatic rings. The summed E-state index contributed by atoms with van der Waals surface area (Å²) in [5, 5.41) is -0.0379. The standard InChI is InChI=1S/C7H11ClNO2/c1-5(8)3-9-4-11-6(2)7(9)10/h4-6H,3H2,1-2H3/q-1. The highest BCUT2D eigenvalue weighted by atomic mass is 35.5. The van der Waals surface area contributed by atoms with Gasteiger partial charge < -0.3 is 9.64 Å². The Morgan fingerprint density at radius 2 is 2.55 bits per heavy atom. The third-order valence-corrected chi connectivity index (χ3v) is 1.61. The Hall–Kier alpha value is -0.280. The largest absolute Gasteiger partial charge is 0.522 e. The molecule has 0 radical (unpaired) electrons. The van der Waals surface area contributed by atoms with E-state index in [0.29, 0.717) is 6.54 Å². The molecule has 0 bridgehead atoms. The van der Waals surface area contributed by atoms with Gasteiger partial charge in [-0.1, -0.05) is 0 Å². The van der Waals surface area contributed by atoms with Gasteiger partial charge in [0, 0.05) is 11.9 Å². The molecule has 1 fully saturated rings. The van der Waals surface area contributed by atoms with Crippen LogP contribution in [0.25, 0.3) is 0 Å². The van der Waals surface area contributed by atoms with E-state index >= 15 is 0 Å². The summed E-state index contributed by atoms with van der Waals surface area (Å²) in [6, 6.07) is 0. The zero-order valence-electron chi connectivity index (χ0n) is 6.58. The first kappa shape index (κ1) is 8.81. The Morgan fingerprint density at radius 1 is 1.91 bits per heavy atom. The van der Waals surface area contributed by atoms with Gasteiger partial charge in [-0.3, -0.25) is 4.79 Å². The van der Waals surface area contributed by atoms with E-state index < -0.39 is 0 Å². The highest BCUT2D eigenvalue weighted by Gasteiger charge is 2.20. The minimum atomic E-state index is -0.342. The van der Waals surface area contributed by atoms with E-state index in [4.69, 9.17) is 16.3 Å². The lowest BCUT2D eigenvalue weighted by Crippen LogP contribution is -2.30. The average molecular weight is 177 g/mol. The van der Waals surface area contributed by atoms with E-state index in [1.165, 1.54) is 11.6 Å². The normalized spacial score (nSPS) is 27.7. The van der Waals surface area contributed by atoms with Crippen LogP contribution in [0.3, 0.4) is 0 Å². The molecule has 0 aromatic carbocycles. The van der Waals surface area contributed by atoms with E-state index in [1.54, 1.807) is 6.92 Å². The molecule has 1 rings (SSSR count). The number of hydrogen-bond acceptors (Lipinski definition) is 2. The number of hydrogen-bond donors (Lipinski definition) is 0. The van der Waals surface area contributed by atoms with Gasteiger partial charge >= 0.3 is 0 Å². The molecule has 0 saturated carbocycles. The van der Waals surface area contributed by atoms with Gasteiger partial charge in [0.1, 0.15) is 6.10 Å². The van der Waals surface area contributed by atoms with Crippen LogP contribution < -0.4 is 0 Å². The molecular formula is C7H11ClNO2-. The molecule has 64 valence electrons. The minimum Gasteiger partial charge on any atom is -0.522 e. The van der Waals surface area contributed by atoms with Crippen molar-refractivity contribution >= 4 is 17.5 Å². The lowest BCUT2D eigenvalue weighted by atomic mass is 10.3. The number of alkyl halides is 1. The van der Waals surface area contributed by atoms with E-state index in [1.807, 2.05) is 6.92 Å².